The van der Waals surface area contributed by atoms with E-state index < -0.39 is 28.8 Å². The molecular weight excluding hydrogens is 343 g/mol. The summed E-state index contributed by atoms with van der Waals surface area (Å²) in [7, 11) is 0. The second-order valence-corrected chi connectivity index (χ2v) is 6.62. The highest BCUT2D eigenvalue weighted by atomic mass is 79.9. The first kappa shape index (κ1) is 17.4. The van der Waals surface area contributed by atoms with Gasteiger partial charge in [0, 0.05) is 5.69 Å². The number of hydrogen-bond donors (Lipinski definition) is 3. The fourth-order valence-corrected chi connectivity index (χ4v) is 1.82. The average molecular weight is 361 g/mol. The van der Waals surface area contributed by atoms with Crippen LogP contribution < -0.4 is 10.6 Å². The number of hydrogen-bond acceptors (Lipinski definition) is 2. The van der Waals surface area contributed by atoms with E-state index in [0.29, 0.717) is 5.69 Å². The van der Waals surface area contributed by atoms with Gasteiger partial charge in [0.25, 0.3) is 0 Å². The van der Waals surface area contributed by atoms with E-state index in [9.17, 15) is 19.1 Å². The summed E-state index contributed by atoms with van der Waals surface area (Å²) in [6, 6.07) is 3.48. The highest BCUT2D eigenvalue weighted by molar-refractivity contribution is 9.10. The van der Waals surface area contributed by atoms with Crippen molar-refractivity contribution in [2.75, 3.05) is 5.32 Å². The number of rotatable bonds is 4. The second-order valence-electron chi connectivity index (χ2n) is 5.76. The van der Waals surface area contributed by atoms with Crippen LogP contribution >= 0.6 is 15.9 Å². The first-order valence-electron chi connectivity index (χ1n) is 6.25. The zero-order chi connectivity index (χ0) is 16.4. The Labute approximate surface area is 131 Å². The van der Waals surface area contributed by atoms with Crippen molar-refractivity contribution < 1.29 is 19.1 Å². The van der Waals surface area contributed by atoms with E-state index in [4.69, 9.17) is 0 Å². The molecule has 0 saturated heterocycles. The van der Waals surface area contributed by atoms with E-state index in [-0.39, 0.29) is 4.47 Å². The maximum Gasteiger partial charge on any atom is 0.319 e. The Balaban J connectivity index is 2.81. The van der Waals surface area contributed by atoms with Gasteiger partial charge in [0.05, 0.1) is 15.4 Å². The van der Waals surface area contributed by atoms with Crippen LogP contribution in [0.5, 0.6) is 0 Å². The van der Waals surface area contributed by atoms with Gasteiger partial charge in [-0.1, -0.05) is 0 Å². The molecule has 0 spiro atoms. The standard InChI is InChI=1S/C14H18BrFN2O3/c1-13(2,11(19)20)14(3,4)18-12(21)17-8-5-6-10(16)9(15)7-8/h5-7H,1-4H3,(H,19,20)(H2,17,18,21). The molecule has 1 rings (SSSR count). The molecule has 1 aromatic carbocycles. The summed E-state index contributed by atoms with van der Waals surface area (Å²) in [6.45, 7) is 6.32. The molecule has 0 saturated carbocycles. The maximum atomic E-state index is 13.1. The third-order valence-electron chi connectivity index (χ3n) is 3.70. The molecule has 0 fully saturated rings. The summed E-state index contributed by atoms with van der Waals surface area (Å²) in [5, 5.41) is 14.4. The summed E-state index contributed by atoms with van der Waals surface area (Å²) in [6.07, 6.45) is 0. The van der Waals surface area contributed by atoms with Gasteiger partial charge >= 0.3 is 12.0 Å². The Morgan fingerprint density at radius 1 is 1.24 bits per heavy atom. The van der Waals surface area contributed by atoms with Crippen molar-refractivity contribution in [1.29, 1.82) is 0 Å². The van der Waals surface area contributed by atoms with Crippen molar-refractivity contribution in [3.63, 3.8) is 0 Å². The Hall–Kier alpha value is -1.63. The van der Waals surface area contributed by atoms with Crippen LogP contribution in [0.4, 0.5) is 14.9 Å². The van der Waals surface area contributed by atoms with Crippen molar-refractivity contribution >= 4 is 33.6 Å². The van der Waals surface area contributed by atoms with E-state index >= 15 is 0 Å². The molecule has 3 N–H and O–H groups in total. The number of halogens is 2. The molecule has 0 aliphatic rings. The largest absolute Gasteiger partial charge is 0.481 e. The number of anilines is 1. The molecule has 0 bridgehead atoms. The van der Waals surface area contributed by atoms with E-state index in [2.05, 4.69) is 26.6 Å². The van der Waals surface area contributed by atoms with Gasteiger partial charge in [-0.2, -0.15) is 0 Å². The number of benzene rings is 1. The van der Waals surface area contributed by atoms with Crippen LogP contribution in [-0.4, -0.2) is 22.6 Å². The van der Waals surface area contributed by atoms with Gasteiger partial charge in [-0.3, -0.25) is 4.79 Å². The third-order valence-corrected chi connectivity index (χ3v) is 4.31. The Kier molecular flexibility index (Phi) is 4.99. The van der Waals surface area contributed by atoms with Crippen LogP contribution in [0, 0.1) is 11.2 Å². The number of carboxylic acid groups (broad SMARTS) is 1. The van der Waals surface area contributed by atoms with Gasteiger partial charge in [-0.15, -0.1) is 0 Å². The molecule has 7 heteroatoms. The predicted octanol–water partition coefficient (Wildman–Crippen LogP) is 3.60. The normalized spacial score (nSPS) is 11.9. The van der Waals surface area contributed by atoms with E-state index in [1.54, 1.807) is 13.8 Å². The monoisotopic (exact) mass is 360 g/mol. The van der Waals surface area contributed by atoms with Gasteiger partial charge in [0.1, 0.15) is 5.82 Å². The Morgan fingerprint density at radius 2 is 1.81 bits per heavy atom. The smallest absolute Gasteiger partial charge is 0.319 e. The number of nitrogens with one attached hydrogen (secondary N) is 2. The van der Waals surface area contributed by atoms with E-state index in [1.165, 1.54) is 32.0 Å². The van der Waals surface area contributed by atoms with Gasteiger partial charge in [-0.05, 0) is 61.8 Å². The van der Waals surface area contributed by atoms with E-state index in [0.717, 1.165) is 0 Å². The number of carbonyl (C=O) groups excluding carboxylic acids is 1. The molecule has 2 amide bonds. The fourth-order valence-electron chi connectivity index (χ4n) is 1.44. The predicted molar refractivity (Wildman–Crippen MR) is 81.8 cm³/mol. The molecule has 0 aliphatic heterocycles. The SMILES string of the molecule is CC(C)(NC(=O)Nc1ccc(F)c(Br)c1)C(C)(C)C(=O)O. The van der Waals surface area contributed by atoms with Crippen molar-refractivity contribution in [1.82, 2.24) is 5.32 Å². The number of amides is 2. The van der Waals surface area contributed by atoms with Crippen LogP contribution in [0.3, 0.4) is 0 Å². The highest BCUT2D eigenvalue weighted by Crippen LogP contribution is 2.30. The summed E-state index contributed by atoms with van der Waals surface area (Å²) in [4.78, 5) is 23.2. The summed E-state index contributed by atoms with van der Waals surface area (Å²) in [5.74, 6) is -1.45. The van der Waals surface area contributed by atoms with Crippen molar-refractivity contribution in [3.05, 3.63) is 28.5 Å². The van der Waals surface area contributed by atoms with Crippen molar-refractivity contribution in [3.8, 4) is 0 Å². The Morgan fingerprint density at radius 3 is 2.29 bits per heavy atom. The number of carbonyl (C=O) groups is 2. The molecule has 116 valence electrons. The lowest BCUT2D eigenvalue weighted by Gasteiger charge is -2.38. The third kappa shape index (κ3) is 3.93. The van der Waals surface area contributed by atoms with Gasteiger partial charge in [0.2, 0.25) is 0 Å². The minimum absolute atomic E-state index is 0.227. The van der Waals surface area contributed by atoms with E-state index in [1.807, 2.05) is 0 Å². The molecule has 0 atom stereocenters. The topological polar surface area (TPSA) is 78.4 Å². The van der Waals surface area contributed by atoms with Crippen LogP contribution in [-0.2, 0) is 4.79 Å². The summed E-state index contributed by atoms with van der Waals surface area (Å²) in [5.41, 5.74) is -1.75. The molecule has 0 unspecified atom stereocenters. The second kappa shape index (κ2) is 6.01. The zero-order valence-electron chi connectivity index (χ0n) is 12.3. The quantitative estimate of drug-likeness (QED) is 0.767. The van der Waals surface area contributed by atoms with Crippen molar-refractivity contribution in [2.45, 2.75) is 33.2 Å². The number of carboxylic acids is 1. The maximum absolute atomic E-state index is 13.1. The number of urea groups is 1. The van der Waals surface area contributed by atoms with Gasteiger partial charge in [0.15, 0.2) is 0 Å². The molecule has 21 heavy (non-hydrogen) atoms. The minimum Gasteiger partial charge on any atom is -0.481 e. The summed E-state index contributed by atoms with van der Waals surface area (Å²) >= 11 is 3.02. The lowest BCUT2D eigenvalue weighted by Crippen LogP contribution is -2.57. The van der Waals surface area contributed by atoms with Gasteiger partial charge in [-0.25, -0.2) is 9.18 Å². The lowest BCUT2D eigenvalue weighted by atomic mass is 9.74. The van der Waals surface area contributed by atoms with Crippen LogP contribution in [0.25, 0.3) is 0 Å². The molecule has 5 nitrogen and oxygen atoms in total. The fraction of sp³-hybridized carbons (Fsp3) is 0.429. The zero-order valence-corrected chi connectivity index (χ0v) is 13.8. The highest BCUT2D eigenvalue weighted by Gasteiger charge is 2.44. The molecule has 0 aromatic heterocycles. The number of aliphatic carboxylic acids is 1. The molecule has 0 radical (unpaired) electrons. The van der Waals surface area contributed by atoms with Gasteiger partial charge < -0.3 is 15.7 Å². The van der Waals surface area contributed by atoms with Crippen molar-refractivity contribution in [2.24, 2.45) is 5.41 Å². The Bertz CT molecular complexity index is 573. The van der Waals surface area contributed by atoms with Crippen LogP contribution in [0.1, 0.15) is 27.7 Å². The molecule has 0 aliphatic carbocycles. The average Bonchev–Trinajstić information content (AvgIpc) is 2.32. The molecule has 1 aromatic rings. The van der Waals surface area contributed by atoms with Crippen LogP contribution in [0.15, 0.2) is 22.7 Å². The first-order chi connectivity index (χ1) is 9.47. The summed E-state index contributed by atoms with van der Waals surface area (Å²) < 4.78 is 13.3. The minimum atomic E-state index is -1.16. The molecular formula is C14H18BrFN2O3. The lowest BCUT2D eigenvalue weighted by molar-refractivity contribution is -0.150. The van der Waals surface area contributed by atoms with Crippen LogP contribution in [0.2, 0.25) is 0 Å². The first-order valence-corrected chi connectivity index (χ1v) is 7.04. The molecule has 0 heterocycles.